The molecule has 2 N–H and O–H groups in total. The van der Waals surface area contributed by atoms with Gasteiger partial charge in [0.05, 0.1) is 13.2 Å². The molecular weight excluding hydrogens is 274 g/mol. The summed E-state index contributed by atoms with van der Waals surface area (Å²) in [6, 6.07) is 6.71. The molecule has 1 unspecified atom stereocenters. The van der Waals surface area contributed by atoms with Crippen LogP contribution in [0.4, 0.5) is 0 Å². The summed E-state index contributed by atoms with van der Waals surface area (Å²) in [4.78, 5) is 0. The van der Waals surface area contributed by atoms with Crippen LogP contribution < -0.4 is 10.5 Å². The minimum Gasteiger partial charge on any atom is -0.493 e. The molecule has 1 saturated carbocycles. The monoisotopic (exact) mass is 305 g/mol. The first-order valence-electron chi connectivity index (χ1n) is 8.80. The molecule has 0 aromatic heterocycles. The molecule has 2 rings (SSSR count). The SMILES string of the molecule is CCCOc1ccc(CCOCC2CC2)cc1CC(N)CC. The standard InChI is InChI=1S/C19H31NO2/c1-3-10-22-19-8-7-15(9-11-21-14-16-5-6-16)12-17(19)13-18(20)4-2/h7-8,12,16,18H,3-6,9-11,13-14,20H2,1-2H3. The molecule has 0 amide bonds. The highest BCUT2D eigenvalue weighted by molar-refractivity contribution is 5.38. The molecule has 0 bridgehead atoms. The largest absolute Gasteiger partial charge is 0.493 e. The van der Waals surface area contributed by atoms with Crippen molar-refractivity contribution < 1.29 is 9.47 Å². The second-order valence-corrected chi connectivity index (χ2v) is 6.43. The van der Waals surface area contributed by atoms with Gasteiger partial charge in [-0.15, -0.1) is 0 Å². The summed E-state index contributed by atoms with van der Waals surface area (Å²) in [6.07, 6.45) is 6.56. The fourth-order valence-corrected chi connectivity index (χ4v) is 2.45. The topological polar surface area (TPSA) is 44.5 Å². The first kappa shape index (κ1) is 17.3. The molecule has 22 heavy (non-hydrogen) atoms. The van der Waals surface area contributed by atoms with Gasteiger partial charge in [0.15, 0.2) is 0 Å². The van der Waals surface area contributed by atoms with Gasteiger partial charge in [-0.25, -0.2) is 0 Å². The first-order valence-corrected chi connectivity index (χ1v) is 8.80. The zero-order chi connectivity index (χ0) is 15.8. The highest BCUT2D eigenvalue weighted by atomic mass is 16.5. The minimum atomic E-state index is 0.199. The van der Waals surface area contributed by atoms with Crippen LogP contribution in [0.1, 0.15) is 50.7 Å². The Bertz CT molecular complexity index is 443. The Morgan fingerprint density at radius 2 is 2.05 bits per heavy atom. The van der Waals surface area contributed by atoms with Gasteiger partial charge in [0, 0.05) is 12.6 Å². The average Bonchev–Trinajstić information content (AvgIpc) is 3.35. The third-order valence-corrected chi connectivity index (χ3v) is 4.18. The Morgan fingerprint density at radius 3 is 2.73 bits per heavy atom. The Balaban J connectivity index is 1.92. The number of hydrogen-bond donors (Lipinski definition) is 1. The molecule has 0 radical (unpaired) electrons. The first-order chi connectivity index (χ1) is 10.7. The quantitative estimate of drug-likeness (QED) is 0.634. The van der Waals surface area contributed by atoms with Crippen LogP contribution in [0.2, 0.25) is 0 Å². The van der Waals surface area contributed by atoms with Crippen molar-refractivity contribution in [1.29, 1.82) is 0 Å². The molecule has 0 aliphatic heterocycles. The van der Waals surface area contributed by atoms with Crippen molar-refractivity contribution >= 4 is 0 Å². The molecule has 1 aromatic rings. The molecule has 0 spiro atoms. The molecule has 1 aliphatic rings. The zero-order valence-electron chi connectivity index (χ0n) is 14.1. The van der Waals surface area contributed by atoms with Gasteiger partial charge < -0.3 is 15.2 Å². The molecule has 3 heteroatoms. The molecule has 124 valence electrons. The van der Waals surface area contributed by atoms with Gasteiger partial charge in [-0.2, -0.15) is 0 Å². The predicted molar refractivity (Wildman–Crippen MR) is 91.4 cm³/mol. The summed E-state index contributed by atoms with van der Waals surface area (Å²) in [5.41, 5.74) is 8.69. The molecule has 0 saturated heterocycles. The summed E-state index contributed by atoms with van der Waals surface area (Å²) in [5.74, 6) is 1.83. The van der Waals surface area contributed by atoms with Crippen molar-refractivity contribution in [3.63, 3.8) is 0 Å². The van der Waals surface area contributed by atoms with Crippen molar-refractivity contribution in [2.75, 3.05) is 19.8 Å². The number of benzene rings is 1. The summed E-state index contributed by atoms with van der Waals surface area (Å²) in [5, 5.41) is 0. The molecule has 0 heterocycles. The Hall–Kier alpha value is -1.06. The Kier molecular flexibility index (Phi) is 7.20. The highest BCUT2D eigenvalue weighted by Crippen LogP contribution is 2.29. The van der Waals surface area contributed by atoms with Crippen LogP contribution in [-0.4, -0.2) is 25.9 Å². The third-order valence-electron chi connectivity index (χ3n) is 4.18. The van der Waals surface area contributed by atoms with E-state index in [0.29, 0.717) is 0 Å². The van der Waals surface area contributed by atoms with Crippen molar-refractivity contribution in [1.82, 2.24) is 0 Å². The van der Waals surface area contributed by atoms with E-state index in [4.69, 9.17) is 15.2 Å². The summed E-state index contributed by atoms with van der Waals surface area (Å²) >= 11 is 0. The van der Waals surface area contributed by atoms with Gasteiger partial charge in [0.1, 0.15) is 5.75 Å². The molecule has 1 aliphatic carbocycles. The van der Waals surface area contributed by atoms with Crippen molar-refractivity contribution in [2.24, 2.45) is 11.7 Å². The van der Waals surface area contributed by atoms with E-state index < -0.39 is 0 Å². The lowest BCUT2D eigenvalue weighted by Crippen LogP contribution is -2.22. The lowest BCUT2D eigenvalue weighted by atomic mass is 10.0. The van der Waals surface area contributed by atoms with Crippen LogP contribution in [0.15, 0.2) is 18.2 Å². The number of hydrogen-bond acceptors (Lipinski definition) is 3. The van der Waals surface area contributed by atoms with E-state index in [1.165, 1.54) is 24.0 Å². The maximum atomic E-state index is 6.13. The van der Waals surface area contributed by atoms with Crippen molar-refractivity contribution in [3.05, 3.63) is 29.3 Å². The third kappa shape index (κ3) is 5.98. The average molecular weight is 305 g/mol. The maximum Gasteiger partial charge on any atom is 0.122 e. The van der Waals surface area contributed by atoms with E-state index in [2.05, 4.69) is 32.0 Å². The highest BCUT2D eigenvalue weighted by Gasteiger charge is 2.20. The van der Waals surface area contributed by atoms with Crippen molar-refractivity contribution in [2.45, 2.75) is 58.4 Å². The summed E-state index contributed by atoms with van der Waals surface area (Å²) in [6.45, 7) is 6.77. The van der Waals surface area contributed by atoms with E-state index in [-0.39, 0.29) is 6.04 Å². The van der Waals surface area contributed by atoms with Crippen LogP contribution in [0.3, 0.4) is 0 Å². The van der Waals surface area contributed by atoms with Gasteiger partial charge in [-0.05, 0) is 61.6 Å². The van der Waals surface area contributed by atoms with E-state index in [1.54, 1.807) is 0 Å². The Morgan fingerprint density at radius 1 is 1.23 bits per heavy atom. The fraction of sp³-hybridized carbons (Fsp3) is 0.684. The number of ether oxygens (including phenoxy) is 2. The van der Waals surface area contributed by atoms with E-state index in [1.807, 2.05) is 0 Å². The summed E-state index contributed by atoms with van der Waals surface area (Å²) in [7, 11) is 0. The maximum absolute atomic E-state index is 6.13. The van der Waals surface area contributed by atoms with Gasteiger partial charge in [0.2, 0.25) is 0 Å². The van der Waals surface area contributed by atoms with E-state index in [0.717, 1.165) is 57.2 Å². The lowest BCUT2D eigenvalue weighted by molar-refractivity contribution is 0.127. The lowest BCUT2D eigenvalue weighted by Gasteiger charge is -2.16. The molecule has 3 nitrogen and oxygen atoms in total. The normalized spacial score (nSPS) is 15.8. The van der Waals surface area contributed by atoms with Crippen LogP contribution in [-0.2, 0) is 17.6 Å². The van der Waals surface area contributed by atoms with Gasteiger partial charge >= 0.3 is 0 Å². The van der Waals surface area contributed by atoms with Crippen molar-refractivity contribution in [3.8, 4) is 5.75 Å². The minimum absolute atomic E-state index is 0.199. The molecule has 1 fully saturated rings. The van der Waals surface area contributed by atoms with E-state index >= 15 is 0 Å². The van der Waals surface area contributed by atoms with Gasteiger partial charge in [-0.3, -0.25) is 0 Å². The number of nitrogens with two attached hydrogens (primary N) is 1. The van der Waals surface area contributed by atoms with Crippen LogP contribution in [0.25, 0.3) is 0 Å². The Labute approximate surface area is 135 Å². The predicted octanol–water partition coefficient (Wildman–Crippen LogP) is 3.72. The van der Waals surface area contributed by atoms with Crippen LogP contribution in [0.5, 0.6) is 5.75 Å². The van der Waals surface area contributed by atoms with Gasteiger partial charge in [-0.1, -0.05) is 26.0 Å². The van der Waals surface area contributed by atoms with E-state index in [9.17, 15) is 0 Å². The molecular formula is C19H31NO2. The second kappa shape index (κ2) is 9.16. The van der Waals surface area contributed by atoms with Crippen LogP contribution >= 0.6 is 0 Å². The van der Waals surface area contributed by atoms with Gasteiger partial charge in [0.25, 0.3) is 0 Å². The molecule has 1 aromatic carbocycles. The van der Waals surface area contributed by atoms with Crippen LogP contribution in [0, 0.1) is 5.92 Å². The molecule has 1 atom stereocenters. The fourth-order valence-electron chi connectivity index (χ4n) is 2.45. The summed E-state index contributed by atoms with van der Waals surface area (Å²) < 4.78 is 11.6. The zero-order valence-corrected chi connectivity index (χ0v) is 14.1. The smallest absolute Gasteiger partial charge is 0.122 e. The second-order valence-electron chi connectivity index (χ2n) is 6.43. The number of rotatable bonds is 11.